The van der Waals surface area contributed by atoms with Gasteiger partial charge >= 0.3 is 12.1 Å². The largest absolute Gasteiger partial charge is 0.490 e. The highest BCUT2D eigenvalue weighted by atomic mass is 32.1. The summed E-state index contributed by atoms with van der Waals surface area (Å²) >= 11 is 1.34. The van der Waals surface area contributed by atoms with E-state index < -0.39 is 18.2 Å². The van der Waals surface area contributed by atoms with Crippen molar-refractivity contribution in [1.82, 2.24) is 10.3 Å². The van der Waals surface area contributed by atoms with Crippen molar-refractivity contribution >= 4 is 34.3 Å². The lowest BCUT2D eigenvalue weighted by molar-refractivity contribution is -0.192. The van der Waals surface area contributed by atoms with Crippen molar-refractivity contribution in [3.63, 3.8) is 0 Å². The van der Waals surface area contributed by atoms with E-state index in [1.165, 1.54) is 23.0 Å². The topological polar surface area (TPSA) is 134 Å². The highest BCUT2D eigenvalue weighted by Crippen LogP contribution is 2.13. The predicted molar refractivity (Wildman–Crippen MR) is 114 cm³/mol. The van der Waals surface area contributed by atoms with Gasteiger partial charge in [0.2, 0.25) is 11.8 Å². The highest BCUT2D eigenvalue weighted by Gasteiger charge is 2.38. The van der Waals surface area contributed by atoms with Crippen molar-refractivity contribution in [3.05, 3.63) is 59.6 Å². The number of carboxylic acid groups (broad SMARTS) is 1. The molecular formula is C20H23F3N4O4S. The number of carbonyl (C=O) groups excluding carboxylic acids is 2. The van der Waals surface area contributed by atoms with Crippen LogP contribution in [0.5, 0.6) is 0 Å². The maximum Gasteiger partial charge on any atom is 0.490 e. The molecule has 0 aliphatic heterocycles. The van der Waals surface area contributed by atoms with E-state index in [4.69, 9.17) is 15.6 Å². The third kappa shape index (κ3) is 11.2. The molecule has 2 aromatic rings. The Morgan fingerprint density at radius 2 is 1.88 bits per heavy atom. The van der Waals surface area contributed by atoms with E-state index in [0.29, 0.717) is 11.6 Å². The fraction of sp³-hybridized carbons (Fsp3) is 0.300. The minimum Gasteiger partial charge on any atom is -0.475 e. The first-order chi connectivity index (χ1) is 15.0. The normalized spacial score (nSPS) is 12.9. The van der Waals surface area contributed by atoms with Crippen molar-refractivity contribution in [2.75, 3.05) is 5.32 Å². The molecule has 12 heteroatoms. The van der Waals surface area contributed by atoms with Gasteiger partial charge in [-0.1, -0.05) is 36.4 Å². The Kier molecular flexibility index (Phi) is 11.1. The zero-order valence-electron chi connectivity index (χ0n) is 17.0. The number of nitrogens with zero attached hydrogens (tertiary/aromatic N) is 1. The van der Waals surface area contributed by atoms with Crippen molar-refractivity contribution < 1.29 is 32.7 Å². The summed E-state index contributed by atoms with van der Waals surface area (Å²) < 4.78 is 31.7. The average molecular weight is 472 g/mol. The van der Waals surface area contributed by atoms with Crippen molar-refractivity contribution in [1.29, 1.82) is 0 Å². The number of rotatable bonds is 8. The summed E-state index contributed by atoms with van der Waals surface area (Å²) in [4.78, 5) is 36.7. The van der Waals surface area contributed by atoms with Crippen LogP contribution < -0.4 is 16.4 Å². The second-order valence-corrected chi connectivity index (χ2v) is 7.31. The molecule has 0 unspecified atom stereocenters. The summed E-state index contributed by atoms with van der Waals surface area (Å²) in [5.41, 5.74) is 6.79. The van der Waals surface area contributed by atoms with Gasteiger partial charge in [-0.2, -0.15) is 13.2 Å². The lowest BCUT2D eigenvalue weighted by atomic mass is 10.0. The molecular weight excluding hydrogens is 449 g/mol. The second-order valence-electron chi connectivity index (χ2n) is 6.42. The molecule has 0 saturated carbocycles. The minimum atomic E-state index is -5.08. The molecule has 0 aliphatic rings. The number of aryl methyl sites for hydroxylation is 1. The number of amides is 2. The van der Waals surface area contributed by atoms with Crippen LogP contribution >= 0.6 is 11.3 Å². The Morgan fingerprint density at radius 3 is 2.38 bits per heavy atom. The van der Waals surface area contributed by atoms with Crippen LogP contribution in [0, 0.1) is 0 Å². The quantitative estimate of drug-likeness (QED) is 0.437. The first kappa shape index (κ1) is 26.8. The molecule has 0 saturated heterocycles. The number of hydrogen-bond acceptors (Lipinski definition) is 6. The molecule has 1 heterocycles. The lowest BCUT2D eigenvalue weighted by Crippen LogP contribution is -2.43. The highest BCUT2D eigenvalue weighted by molar-refractivity contribution is 7.13. The van der Waals surface area contributed by atoms with Gasteiger partial charge in [0, 0.05) is 23.7 Å². The zero-order valence-corrected chi connectivity index (χ0v) is 17.8. The molecule has 1 aromatic heterocycles. The van der Waals surface area contributed by atoms with Gasteiger partial charge in [-0.05, 0) is 25.3 Å². The van der Waals surface area contributed by atoms with Crippen molar-refractivity contribution in [2.45, 2.75) is 38.0 Å². The van der Waals surface area contributed by atoms with E-state index in [2.05, 4.69) is 15.6 Å². The Bertz CT molecular complexity index is 888. The maximum atomic E-state index is 11.9. The third-order valence-electron chi connectivity index (χ3n) is 3.71. The summed E-state index contributed by atoms with van der Waals surface area (Å²) in [6, 6.07) is 9.09. The predicted octanol–water partition coefficient (Wildman–Crippen LogP) is 2.74. The van der Waals surface area contributed by atoms with E-state index in [1.54, 1.807) is 24.6 Å². The summed E-state index contributed by atoms with van der Waals surface area (Å²) in [6.07, 6.45) is 1.09. The molecule has 0 radical (unpaired) electrons. The van der Waals surface area contributed by atoms with Gasteiger partial charge in [-0.3, -0.25) is 14.9 Å². The van der Waals surface area contributed by atoms with Gasteiger partial charge in [-0.25, -0.2) is 9.78 Å². The number of nitrogens with two attached hydrogens (primary N) is 1. The maximum absolute atomic E-state index is 11.9. The van der Waals surface area contributed by atoms with Crippen LogP contribution in [0.4, 0.5) is 18.3 Å². The zero-order chi connectivity index (χ0) is 24.1. The van der Waals surface area contributed by atoms with Gasteiger partial charge in [0.15, 0.2) is 5.13 Å². The number of nitrogens with one attached hydrogen (secondary N) is 2. The van der Waals surface area contributed by atoms with Gasteiger partial charge in [0.05, 0.1) is 6.04 Å². The average Bonchev–Trinajstić information content (AvgIpc) is 3.23. The molecule has 0 fully saturated rings. The van der Waals surface area contributed by atoms with Crippen LogP contribution in [-0.4, -0.2) is 46.1 Å². The van der Waals surface area contributed by atoms with Crippen LogP contribution in [0.25, 0.3) is 0 Å². The van der Waals surface area contributed by atoms with Crippen LogP contribution in [-0.2, 0) is 20.8 Å². The Labute approximate surface area is 186 Å². The molecule has 8 nitrogen and oxygen atoms in total. The molecule has 0 spiro atoms. The molecule has 1 aromatic carbocycles. The summed E-state index contributed by atoms with van der Waals surface area (Å²) in [5.74, 6) is -3.29. The molecule has 2 rings (SSSR count). The first-order valence-electron chi connectivity index (χ1n) is 9.27. The standard InChI is InChI=1S/C18H22N4O2S.C2HF3O2/c1-13(19)17(24)21-15(8-7-14-5-3-2-4-6-14)9-10-16(23)22-18-20-11-12-25-18;3-2(4,5)1(6)7/h2-6,9-13,15H,7-8,19H2,1H3,(H,21,24)(H,20,22,23);(H,6,7)/b10-9+;/t13-,15-;/m0./s1. The van der Waals surface area contributed by atoms with Crippen molar-refractivity contribution in [3.8, 4) is 0 Å². The molecule has 0 bridgehead atoms. The SMILES string of the molecule is C[C@H](N)C(=O)N[C@H](/C=C/C(=O)Nc1nccs1)CCc1ccccc1.O=C(O)C(F)(F)F. The van der Waals surface area contributed by atoms with Gasteiger partial charge in [0.25, 0.3) is 0 Å². The molecule has 32 heavy (non-hydrogen) atoms. The second kappa shape index (κ2) is 13.2. The van der Waals surface area contributed by atoms with Crippen LogP contribution in [0.15, 0.2) is 54.1 Å². The molecule has 2 amide bonds. The number of benzene rings is 1. The number of thiazole rings is 1. The van der Waals surface area contributed by atoms with Gasteiger partial charge < -0.3 is 16.2 Å². The Hall–Kier alpha value is -3.25. The number of carbonyl (C=O) groups is 3. The minimum absolute atomic E-state index is 0.247. The van der Waals surface area contributed by atoms with E-state index >= 15 is 0 Å². The van der Waals surface area contributed by atoms with Crippen LogP contribution in [0.1, 0.15) is 18.9 Å². The van der Waals surface area contributed by atoms with E-state index in [1.807, 2.05) is 30.3 Å². The summed E-state index contributed by atoms with van der Waals surface area (Å²) in [5, 5.41) is 15.0. The van der Waals surface area contributed by atoms with Crippen LogP contribution in [0.2, 0.25) is 0 Å². The molecule has 5 N–H and O–H groups in total. The number of aromatic nitrogens is 1. The number of halogens is 3. The van der Waals surface area contributed by atoms with Gasteiger partial charge in [-0.15, -0.1) is 11.3 Å². The number of carboxylic acids is 1. The first-order valence-corrected chi connectivity index (χ1v) is 10.2. The summed E-state index contributed by atoms with van der Waals surface area (Å²) in [6.45, 7) is 1.63. The fourth-order valence-electron chi connectivity index (χ4n) is 2.13. The molecule has 2 atom stereocenters. The van der Waals surface area contributed by atoms with E-state index in [0.717, 1.165) is 6.42 Å². The lowest BCUT2D eigenvalue weighted by Gasteiger charge is -2.16. The summed E-state index contributed by atoms with van der Waals surface area (Å²) in [7, 11) is 0. The smallest absolute Gasteiger partial charge is 0.475 e. The number of anilines is 1. The van der Waals surface area contributed by atoms with E-state index in [9.17, 15) is 22.8 Å². The van der Waals surface area contributed by atoms with Crippen LogP contribution in [0.3, 0.4) is 0 Å². The van der Waals surface area contributed by atoms with Gasteiger partial charge in [0.1, 0.15) is 0 Å². The molecule has 0 aliphatic carbocycles. The molecule has 174 valence electrons. The fourth-order valence-corrected chi connectivity index (χ4v) is 2.67. The van der Waals surface area contributed by atoms with Crippen molar-refractivity contribution in [2.24, 2.45) is 5.73 Å². The number of aliphatic carboxylic acids is 1. The third-order valence-corrected chi connectivity index (χ3v) is 4.40. The number of hydrogen-bond donors (Lipinski definition) is 4. The monoisotopic (exact) mass is 472 g/mol. The number of alkyl halides is 3. The van der Waals surface area contributed by atoms with E-state index in [-0.39, 0.29) is 17.9 Å². The Balaban J connectivity index is 0.000000633. The Morgan fingerprint density at radius 1 is 1.25 bits per heavy atom.